The Kier molecular flexibility index (Phi) is 3.15. The third kappa shape index (κ3) is 2.05. The molecule has 2 rings (SSSR count). The van der Waals surface area contributed by atoms with Crippen molar-refractivity contribution in [3.05, 3.63) is 22.7 Å². The summed E-state index contributed by atoms with van der Waals surface area (Å²) in [5.74, 6) is 0.132. The standard InChI is InChI=1S/C8H11N3O4S/c9-5-1-2-11(8(13)10-5)6-3-4(12)7(15-6)16-14/h1-2,4,6-7,12,14H,3H2,(H2,9,10,13)/t4-,6+,7+/m0/s1. The van der Waals surface area contributed by atoms with E-state index >= 15 is 0 Å². The summed E-state index contributed by atoms with van der Waals surface area (Å²) in [4.78, 5) is 15.0. The van der Waals surface area contributed by atoms with Gasteiger partial charge in [0.1, 0.15) is 12.0 Å². The van der Waals surface area contributed by atoms with Gasteiger partial charge < -0.3 is 20.1 Å². The van der Waals surface area contributed by atoms with Crippen LogP contribution in [0.1, 0.15) is 12.6 Å². The highest BCUT2D eigenvalue weighted by atomic mass is 32.2. The molecule has 1 fully saturated rings. The number of aromatic nitrogens is 2. The maximum atomic E-state index is 11.5. The number of aliphatic hydroxyl groups excluding tert-OH is 1. The van der Waals surface area contributed by atoms with Crippen molar-refractivity contribution in [1.82, 2.24) is 9.55 Å². The molecule has 0 amide bonds. The largest absolute Gasteiger partial charge is 0.389 e. The predicted molar refractivity (Wildman–Crippen MR) is 57.7 cm³/mol. The van der Waals surface area contributed by atoms with E-state index in [-0.39, 0.29) is 12.2 Å². The minimum atomic E-state index is -0.815. The number of rotatable bonds is 2. The quantitative estimate of drug-likeness (QED) is 0.610. The molecule has 0 aliphatic carbocycles. The Balaban J connectivity index is 2.23. The average Bonchev–Trinajstić information content (AvgIpc) is 2.59. The Morgan fingerprint density at radius 3 is 3.00 bits per heavy atom. The van der Waals surface area contributed by atoms with Crippen molar-refractivity contribution in [1.29, 1.82) is 0 Å². The Morgan fingerprint density at radius 2 is 2.44 bits per heavy atom. The molecule has 0 bridgehead atoms. The molecular formula is C8H11N3O4S. The Morgan fingerprint density at radius 1 is 1.69 bits per heavy atom. The van der Waals surface area contributed by atoms with Crippen LogP contribution in [-0.4, -0.2) is 30.8 Å². The van der Waals surface area contributed by atoms with Gasteiger partial charge in [-0.3, -0.25) is 4.57 Å². The van der Waals surface area contributed by atoms with Crippen LogP contribution in [0.4, 0.5) is 5.82 Å². The molecule has 7 nitrogen and oxygen atoms in total. The fraction of sp³-hybridized carbons (Fsp3) is 0.500. The summed E-state index contributed by atoms with van der Waals surface area (Å²) in [6, 6.07) is 1.47. The van der Waals surface area contributed by atoms with Gasteiger partial charge in [-0.2, -0.15) is 4.98 Å². The summed E-state index contributed by atoms with van der Waals surface area (Å²) in [7, 11) is 0. The van der Waals surface area contributed by atoms with Crippen LogP contribution >= 0.6 is 12.0 Å². The number of anilines is 1. The second-order valence-electron chi connectivity index (χ2n) is 3.41. The smallest absolute Gasteiger partial charge is 0.351 e. The van der Waals surface area contributed by atoms with Gasteiger partial charge in [0.15, 0.2) is 5.44 Å². The van der Waals surface area contributed by atoms with E-state index < -0.39 is 23.5 Å². The molecule has 8 heteroatoms. The lowest BCUT2D eigenvalue weighted by atomic mass is 10.3. The van der Waals surface area contributed by atoms with Crippen LogP contribution in [0.2, 0.25) is 0 Å². The Hall–Kier alpha value is -1.09. The molecule has 0 radical (unpaired) electrons. The zero-order valence-electron chi connectivity index (χ0n) is 8.18. The summed E-state index contributed by atoms with van der Waals surface area (Å²) in [6.07, 6.45) is 0.237. The van der Waals surface area contributed by atoms with Crippen LogP contribution in [0.3, 0.4) is 0 Å². The van der Waals surface area contributed by atoms with Crippen molar-refractivity contribution in [3.8, 4) is 0 Å². The van der Waals surface area contributed by atoms with Gasteiger partial charge in [-0.25, -0.2) is 4.79 Å². The maximum Gasteiger partial charge on any atom is 0.351 e. The van der Waals surface area contributed by atoms with Crippen molar-refractivity contribution in [2.45, 2.75) is 24.2 Å². The summed E-state index contributed by atoms with van der Waals surface area (Å²) in [5, 5.41) is 9.50. The van der Waals surface area contributed by atoms with Gasteiger partial charge in [-0.15, -0.1) is 0 Å². The Labute approximate surface area is 95.1 Å². The summed E-state index contributed by atoms with van der Waals surface area (Å²) in [6.45, 7) is 0. The third-order valence-electron chi connectivity index (χ3n) is 2.31. The SMILES string of the molecule is Nc1ccn([C@H]2C[C@H](O)[C@@H](SO)O2)c(=O)n1. The molecule has 0 aromatic carbocycles. The van der Waals surface area contributed by atoms with Crippen molar-refractivity contribution < 1.29 is 14.4 Å². The zero-order valence-corrected chi connectivity index (χ0v) is 9.00. The molecular weight excluding hydrogens is 234 g/mol. The van der Waals surface area contributed by atoms with Crippen molar-refractivity contribution >= 4 is 17.9 Å². The highest BCUT2D eigenvalue weighted by Crippen LogP contribution is 2.32. The van der Waals surface area contributed by atoms with E-state index in [0.29, 0.717) is 12.0 Å². The van der Waals surface area contributed by atoms with Crippen molar-refractivity contribution in [2.75, 3.05) is 5.73 Å². The van der Waals surface area contributed by atoms with Gasteiger partial charge in [-0.1, -0.05) is 0 Å². The van der Waals surface area contributed by atoms with E-state index in [1.54, 1.807) is 0 Å². The zero-order chi connectivity index (χ0) is 11.7. The molecule has 1 aromatic heterocycles. The lowest BCUT2D eigenvalue weighted by Gasteiger charge is -2.13. The van der Waals surface area contributed by atoms with Crippen molar-refractivity contribution in [3.63, 3.8) is 0 Å². The topological polar surface area (TPSA) is 111 Å². The first-order valence-electron chi connectivity index (χ1n) is 4.60. The van der Waals surface area contributed by atoms with Crippen LogP contribution in [0.25, 0.3) is 0 Å². The molecule has 16 heavy (non-hydrogen) atoms. The number of hydrogen-bond acceptors (Lipinski definition) is 7. The summed E-state index contributed by atoms with van der Waals surface area (Å²) in [5.41, 5.74) is 4.07. The summed E-state index contributed by atoms with van der Waals surface area (Å²) < 4.78 is 15.3. The number of nitrogens with zero attached hydrogens (tertiary/aromatic N) is 2. The fourth-order valence-electron chi connectivity index (χ4n) is 1.54. The molecule has 1 aliphatic rings. The molecule has 0 spiro atoms. The first kappa shape index (κ1) is 11.4. The number of aliphatic hydroxyl groups is 1. The lowest BCUT2D eigenvalue weighted by Crippen LogP contribution is -2.27. The predicted octanol–water partition coefficient (Wildman–Crippen LogP) is -0.362. The molecule has 0 unspecified atom stereocenters. The molecule has 2 heterocycles. The molecule has 88 valence electrons. The lowest BCUT2D eigenvalue weighted by molar-refractivity contribution is 0.0238. The molecule has 4 N–H and O–H groups in total. The van der Waals surface area contributed by atoms with E-state index in [0.717, 1.165) is 0 Å². The van der Waals surface area contributed by atoms with Gasteiger partial charge in [-0.05, 0) is 6.07 Å². The molecule has 1 saturated heterocycles. The minimum absolute atomic E-state index is 0.132. The Bertz CT molecular complexity index is 438. The summed E-state index contributed by atoms with van der Waals surface area (Å²) >= 11 is 0.415. The van der Waals surface area contributed by atoms with Gasteiger partial charge in [0.2, 0.25) is 0 Å². The third-order valence-corrected chi connectivity index (χ3v) is 2.95. The second-order valence-corrected chi connectivity index (χ2v) is 4.09. The van der Waals surface area contributed by atoms with Crippen molar-refractivity contribution in [2.24, 2.45) is 0 Å². The monoisotopic (exact) mass is 245 g/mol. The van der Waals surface area contributed by atoms with Gasteiger partial charge in [0, 0.05) is 24.7 Å². The van der Waals surface area contributed by atoms with Gasteiger partial charge in [0.05, 0.1) is 6.10 Å². The minimum Gasteiger partial charge on any atom is -0.389 e. The maximum absolute atomic E-state index is 11.5. The van der Waals surface area contributed by atoms with E-state index in [2.05, 4.69) is 4.98 Å². The van der Waals surface area contributed by atoms with E-state index in [9.17, 15) is 9.90 Å². The molecule has 0 saturated carbocycles. The van der Waals surface area contributed by atoms with Gasteiger partial charge in [0.25, 0.3) is 0 Å². The van der Waals surface area contributed by atoms with Crippen LogP contribution in [0.15, 0.2) is 17.1 Å². The van der Waals surface area contributed by atoms with E-state index in [1.165, 1.54) is 16.8 Å². The number of nitrogens with two attached hydrogens (primary N) is 1. The van der Waals surface area contributed by atoms with Crippen LogP contribution in [-0.2, 0) is 4.74 Å². The second kappa shape index (κ2) is 4.42. The van der Waals surface area contributed by atoms with Crippen LogP contribution in [0.5, 0.6) is 0 Å². The highest BCUT2D eigenvalue weighted by Gasteiger charge is 2.35. The molecule has 3 atom stereocenters. The normalized spacial score (nSPS) is 29.5. The van der Waals surface area contributed by atoms with E-state index in [1.807, 2.05) is 0 Å². The fourth-order valence-corrected chi connectivity index (χ4v) is 1.97. The average molecular weight is 245 g/mol. The molecule has 1 aromatic rings. The van der Waals surface area contributed by atoms with Crippen LogP contribution in [0, 0.1) is 0 Å². The first-order valence-corrected chi connectivity index (χ1v) is 5.44. The van der Waals surface area contributed by atoms with Crippen LogP contribution < -0.4 is 11.4 Å². The first-order chi connectivity index (χ1) is 7.61. The number of nitrogen functional groups attached to an aromatic ring is 1. The van der Waals surface area contributed by atoms with E-state index in [4.69, 9.17) is 15.0 Å². The highest BCUT2D eigenvalue weighted by molar-refractivity contribution is 7.94. The van der Waals surface area contributed by atoms with Gasteiger partial charge >= 0.3 is 5.69 Å². The molecule has 1 aliphatic heterocycles. The number of hydrogen-bond donors (Lipinski definition) is 3. The number of ether oxygens (including phenoxy) is 1.